The maximum Gasteiger partial charge on any atom is 0.169 e. The van der Waals surface area contributed by atoms with Crippen LogP contribution < -0.4 is 0 Å². The zero-order valence-electron chi connectivity index (χ0n) is 35.6. The Hall–Kier alpha value is -6.29. The van der Waals surface area contributed by atoms with Gasteiger partial charge in [-0.05, 0) is 50.8 Å². The zero-order chi connectivity index (χ0) is 45.1. The van der Waals surface area contributed by atoms with Gasteiger partial charge in [0.1, 0.15) is 36.6 Å². The van der Waals surface area contributed by atoms with Gasteiger partial charge in [0.15, 0.2) is 6.29 Å². The predicted octanol–water partition coefficient (Wildman–Crippen LogP) is 9.46. The predicted molar refractivity (Wildman–Crippen MR) is 239 cm³/mol. The van der Waals surface area contributed by atoms with Crippen LogP contribution in [0.15, 0.2) is 167 Å². The van der Waals surface area contributed by atoms with Crippen LogP contribution in [0, 0.1) is 0 Å². The van der Waals surface area contributed by atoms with Crippen LogP contribution in [0.25, 0.3) is 31.3 Å². The highest BCUT2D eigenvalue weighted by atomic mass is 16.7. The van der Waals surface area contributed by atoms with Crippen LogP contribution in [0.5, 0.6) is 0 Å². The fourth-order valence-electron chi connectivity index (χ4n) is 8.08. The standard InChI is InChI=1S/C48H51N9O8/c49-55-52-38-26-39(53-56-50)43(46(62-30-36-22-12-4-13-23-36)42(38)60-28-34-18-8-2-9-19-34)64-48-41(54-57-51)45(61-29-35-20-10-3-11-21-35)47(63-31-37-24-14-5-15-25-37)44(65-48)40(58)32-59-27-33-16-6-1-7-17-33/h1-25,38-48,58H,26-32H2/t38?,39?,40?,41?,42?,43-,44?,45?,46?,47-,48+/m1/s1. The molecule has 0 bridgehead atoms. The van der Waals surface area contributed by atoms with Gasteiger partial charge in [-0.15, -0.1) is 0 Å². The second kappa shape index (κ2) is 24.7. The van der Waals surface area contributed by atoms with E-state index in [1.807, 2.05) is 152 Å². The summed E-state index contributed by atoms with van der Waals surface area (Å²) >= 11 is 0. The van der Waals surface area contributed by atoms with Gasteiger partial charge in [0.25, 0.3) is 0 Å². The maximum atomic E-state index is 12.1. The third kappa shape index (κ3) is 13.1. The summed E-state index contributed by atoms with van der Waals surface area (Å²) < 4.78 is 46.3. The van der Waals surface area contributed by atoms with Crippen LogP contribution in [0.1, 0.15) is 34.2 Å². The van der Waals surface area contributed by atoms with E-state index in [1.54, 1.807) is 0 Å². The summed E-state index contributed by atoms with van der Waals surface area (Å²) in [5, 5.41) is 24.5. The van der Waals surface area contributed by atoms with Crippen molar-refractivity contribution in [1.29, 1.82) is 0 Å². The number of rotatable bonds is 22. The van der Waals surface area contributed by atoms with Gasteiger partial charge in [-0.25, -0.2) is 0 Å². The number of benzene rings is 5. The first-order valence-electron chi connectivity index (χ1n) is 21.4. The van der Waals surface area contributed by atoms with Crippen molar-refractivity contribution in [2.24, 2.45) is 15.3 Å². The average molecular weight is 882 g/mol. The highest BCUT2D eigenvalue weighted by Gasteiger charge is 2.54. The van der Waals surface area contributed by atoms with Crippen LogP contribution >= 0.6 is 0 Å². The van der Waals surface area contributed by atoms with Crippen LogP contribution in [0.3, 0.4) is 0 Å². The second-order valence-corrected chi connectivity index (χ2v) is 15.7. The fraction of sp³-hybridized carbons (Fsp3) is 0.375. The molecule has 11 atom stereocenters. The SMILES string of the molecule is [N-]=[N+]=NC1CC(N=[N+]=[N-])[C@@H](O[C@H]2OC(C(O)COCc3ccccc3)[C@@H](OCc3ccccc3)C(OCc3ccccc3)C2N=[N+]=[N-])C(OCc2ccccc2)C1OCc1ccccc1. The van der Waals surface area contributed by atoms with Crippen LogP contribution in [-0.2, 0) is 66.2 Å². The van der Waals surface area contributed by atoms with Crippen LogP contribution in [0.2, 0.25) is 0 Å². The zero-order valence-corrected chi connectivity index (χ0v) is 35.6. The van der Waals surface area contributed by atoms with E-state index in [1.165, 1.54) is 0 Å². The summed E-state index contributed by atoms with van der Waals surface area (Å²) in [4.78, 5) is 9.52. The fourth-order valence-corrected chi connectivity index (χ4v) is 8.08. The van der Waals surface area contributed by atoms with Gasteiger partial charge in [-0.1, -0.05) is 167 Å². The molecule has 1 aliphatic carbocycles. The normalized spacial score (nSPS) is 25.6. The second-order valence-electron chi connectivity index (χ2n) is 15.7. The van der Waals surface area contributed by atoms with Crippen molar-refractivity contribution in [2.45, 2.75) is 107 Å². The molecule has 17 heteroatoms. The Balaban J connectivity index is 1.27. The first-order chi connectivity index (χ1) is 32.0. The smallest absolute Gasteiger partial charge is 0.169 e. The van der Waals surface area contributed by atoms with Crippen molar-refractivity contribution >= 4 is 0 Å². The van der Waals surface area contributed by atoms with Crippen molar-refractivity contribution in [3.05, 3.63) is 211 Å². The lowest BCUT2D eigenvalue weighted by Crippen LogP contribution is -2.65. The average Bonchev–Trinajstić information content (AvgIpc) is 3.35. The summed E-state index contributed by atoms with van der Waals surface area (Å²) in [7, 11) is 0. The van der Waals surface area contributed by atoms with E-state index in [-0.39, 0.29) is 46.1 Å². The largest absolute Gasteiger partial charge is 0.388 e. The number of hydrogen-bond donors (Lipinski definition) is 1. The molecule has 336 valence electrons. The van der Waals surface area contributed by atoms with E-state index in [2.05, 4.69) is 30.1 Å². The summed E-state index contributed by atoms with van der Waals surface area (Å²) in [5.41, 5.74) is 34.1. The molecular weight excluding hydrogens is 831 g/mol. The molecule has 5 aromatic carbocycles. The van der Waals surface area contributed by atoms with Crippen LogP contribution in [-0.4, -0.2) is 78.9 Å². The lowest BCUT2D eigenvalue weighted by molar-refractivity contribution is -0.320. The van der Waals surface area contributed by atoms with Crippen molar-refractivity contribution in [2.75, 3.05) is 6.61 Å². The first-order valence-corrected chi connectivity index (χ1v) is 21.4. The first kappa shape index (κ1) is 46.7. The van der Waals surface area contributed by atoms with Gasteiger partial charge < -0.3 is 38.3 Å². The summed E-state index contributed by atoms with van der Waals surface area (Å²) in [5.74, 6) is 0. The molecule has 2 aliphatic rings. The molecule has 2 fully saturated rings. The van der Waals surface area contributed by atoms with E-state index >= 15 is 0 Å². The molecule has 17 nitrogen and oxygen atoms in total. The van der Waals surface area contributed by atoms with Crippen molar-refractivity contribution in [3.63, 3.8) is 0 Å². The summed E-state index contributed by atoms with van der Waals surface area (Å²) in [6, 6.07) is 44.3. The van der Waals surface area contributed by atoms with E-state index in [9.17, 15) is 21.7 Å². The van der Waals surface area contributed by atoms with Crippen molar-refractivity contribution < 1.29 is 38.3 Å². The molecule has 0 aromatic heterocycles. The van der Waals surface area contributed by atoms with Gasteiger partial charge in [0.05, 0.1) is 63.9 Å². The molecule has 1 heterocycles. The highest BCUT2D eigenvalue weighted by Crippen LogP contribution is 2.38. The Bertz CT molecular complexity index is 2320. The summed E-state index contributed by atoms with van der Waals surface area (Å²) in [6.07, 6.45) is -9.18. The Morgan fingerprint density at radius 1 is 0.492 bits per heavy atom. The topological polar surface area (TPSA) is 231 Å². The molecule has 1 N–H and O–H groups in total. The molecule has 1 aliphatic heterocycles. The van der Waals surface area contributed by atoms with E-state index in [0.717, 1.165) is 27.8 Å². The minimum atomic E-state index is -1.45. The molecule has 8 unspecified atom stereocenters. The minimum absolute atomic E-state index is 0.0124. The minimum Gasteiger partial charge on any atom is -0.388 e. The third-order valence-corrected chi connectivity index (χ3v) is 11.2. The van der Waals surface area contributed by atoms with E-state index in [0.29, 0.717) is 0 Å². The van der Waals surface area contributed by atoms with Gasteiger partial charge in [0.2, 0.25) is 0 Å². The van der Waals surface area contributed by atoms with Gasteiger partial charge >= 0.3 is 0 Å². The quantitative estimate of drug-likeness (QED) is 0.0398. The Labute approximate surface area is 376 Å². The molecular formula is C48H51N9O8. The van der Waals surface area contributed by atoms with Crippen molar-refractivity contribution in [1.82, 2.24) is 0 Å². The van der Waals surface area contributed by atoms with Gasteiger partial charge in [-0.3, -0.25) is 0 Å². The lowest BCUT2D eigenvalue weighted by Gasteiger charge is -2.49. The number of aliphatic hydroxyl groups excluding tert-OH is 1. The summed E-state index contributed by atoms with van der Waals surface area (Å²) in [6.45, 7) is 0.411. The number of aliphatic hydroxyl groups is 1. The van der Waals surface area contributed by atoms with Crippen LogP contribution in [0.4, 0.5) is 0 Å². The Morgan fingerprint density at radius 2 is 0.877 bits per heavy atom. The van der Waals surface area contributed by atoms with Gasteiger partial charge in [0, 0.05) is 14.7 Å². The molecule has 65 heavy (non-hydrogen) atoms. The molecule has 7 rings (SSSR count). The molecule has 0 amide bonds. The van der Waals surface area contributed by atoms with Crippen molar-refractivity contribution in [3.8, 4) is 0 Å². The number of hydrogen-bond acceptors (Lipinski definition) is 11. The van der Waals surface area contributed by atoms with E-state index in [4.69, 9.17) is 33.2 Å². The Morgan fingerprint density at radius 3 is 1.32 bits per heavy atom. The molecule has 5 aromatic rings. The molecule has 1 saturated carbocycles. The number of nitrogens with zero attached hydrogens (tertiary/aromatic N) is 9. The Kier molecular flexibility index (Phi) is 17.7. The monoisotopic (exact) mass is 881 g/mol. The third-order valence-electron chi connectivity index (χ3n) is 11.2. The number of azide groups is 3. The van der Waals surface area contributed by atoms with Gasteiger partial charge in [-0.2, -0.15) is 0 Å². The maximum absolute atomic E-state index is 12.1. The number of ether oxygens (including phenoxy) is 7. The molecule has 0 spiro atoms. The lowest BCUT2D eigenvalue weighted by atomic mass is 9.83. The van der Waals surface area contributed by atoms with E-state index < -0.39 is 67.1 Å². The molecule has 1 saturated heterocycles. The molecule has 0 radical (unpaired) electrons. The highest BCUT2D eigenvalue weighted by molar-refractivity contribution is 5.18.